The largest absolute Gasteiger partial charge is 0.480 e. The van der Waals surface area contributed by atoms with Crippen LogP contribution >= 0.6 is 11.6 Å². The SMILES string of the molecule is Nc1ccc([C@@H](N)C(=O)O)c(Cl)c1F. The second kappa shape index (κ2) is 3.81. The fraction of sp³-hybridized carbons (Fsp3) is 0.125. The summed E-state index contributed by atoms with van der Waals surface area (Å²) in [5, 5.41) is 8.24. The monoisotopic (exact) mass is 218 g/mol. The molecule has 0 aliphatic heterocycles. The van der Waals surface area contributed by atoms with Crippen LogP contribution in [-0.4, -0.2) is 11.1 Å². The molecule has 1 aromatic carbocycles. The van der Waals surface area contributed by atoms with E-state index in [1.807, 2.05) is 0 Å². The molecule has 6 heteroatoms. The Labute approximate surface area is 84.3 Å². The molecule has 0 bridgehead atoms. The summed E-state index contributed by atoms with van der Waals surface area (Å²) in [6, 6.07) is 1.16. The van der Waals surface area contributed by atoms with E-state index in [9.17, 15) is 9.18 Å². The van der Waals surface area contributed by atoms with Gasteiger partial charge in [-0.25, -0.2) is 4.39 Å². The number of rotatable bonds is 2. The fourth-order valence-electron chi connectivity index (χ4n) is 0.953. The molecule has 14 heavy (non-hydrogen) atoms. The Kier molecular flexibility index (Phi) is 2.93. The number of aliphatic carboxylic acids is 1. The topological polar surface area (TPSA) is 89.3 Å². The highest BCUT2D eigenvalue weighted by Gasteiger charge is 2.20. The highest BCUT2D eigenvalue weighted by molar-refractivity contribution is 6.32. The van der Waals surface area contributed by atoms with Gasteiger partial charge in [0.15, 0.2) is 5.82 Å². The van der Waals surface area contributed by atoms with Crippen molar-refractivity contribution in [2.24, 2.45) is 5.73 Å². The van der Waals surface area contributed by atoms with E-state index in [1.54, 1.807) is 0 Å². The summed E-state index contributed by atoms with van der Waals surface area (Å²) in [4.78, 5) is 10.5. The molecule has 0 radical (unpaired) electrons. The second-order valence-electron chi connectivity index (χ2n) is 2.69. The number of benzene rings is 1. The third kappa shape index (κ3) is 1.78. The van der Waals surface area contributed by atoms with Crippen molar-refractivity contribution in [2.75, 3.05) is 5.73 Å². The number of carboxylic acid groups (broad SMARTS) is 1. The van der Waals surface area contributed by atoms with E-state index < -0.39 is 17.8 Å². The van der Waals surface area contributed by atoms with E-state index in [0.29, 0.717) is 0 Å². The van der Waals surface area contributed by atoms with Crippen LogP contribution in [0.4, 0.5) is 10.1 Å². The van der Waals surface area contributed by atoms with Gasteiger partial charge < -0.3 is 16.6 Å². The zero-order valence-corrected chi connectivity index (χ0v) is 7.75. The molecule has 0 saturated heterocycles. The molecule has 5 N–H and O–H groups in total. The Morgan fingerprint density at radius 2 is 2.14 bits per heavy atom. The van der Waals surface area contributed by atoms with Gasteiger partial charge in [-0.1, -0.05) is 17.7 Å². The van der Waals surface area contributed by atoms with Gasteiger partial charge in [0.2, 0.25) is 0 Å². The Morgan fingerprint density at radius 1 is 1.57 bits per heavy atom. The Bertz CT molecular complexity index is 384. The molecule has 0 heterocycles. The maximum Gasteiger partial charge on any atom is 0.325 e. The molecule has 76 valence electrons. The van der Waals surface area contributed by atoms with Gasteiger partial charge >= 0.3 is 5.97 Å². The third-order valence-corrected chi connectivity index (χ3v) is 2.13. The van der Waals surface area contributed by atoms with E-state index in [0.717, 1.165) is 0 Å². The van der Waals surface area contributed by atoms with Crippen molar-refractivity contribution in [3.8, 4) is 0 Å². The summed E-state index contributed by atoms with van der Waals surface area (Å²) in [5.74, 6) is -2.13. The van der Waals surface area contributed by atoms with Crippen LogP contribution in [-0.2, 0) is 4.79 Å². The molecule has 0 aliphatic rings. The van der Waals surface area contributed by atoms with Crippen LogP contribution in [0.25, 0.3) is 0 Å². The smallest absolute Gasteiger partial charge is 0.325 e. The predicted molar refractivity (Wildman–Crippen MR) is 50.4 cm³/mol. The van der Waals surface area contributed by atoms with Crippen molar-refractivity contribution >= 4 is 23.3 Å². The molecule has 0 amide bonds. The highest BCUT2D eigenvalue weighted by atomic mass is 35.5. The first-order valence-corrected chi connectivity index (χ1v) is 4.04. The van der Waals surface area contributed by atoms with E-state index in [4.69, 9.17) is 28.2 Å². The Hall–Kier alpha value is -1.33. The number of halogens is 2. The molecule has 1 aromatic rings. The second-order valence-corrected chi connectivity index (χ2v) is 3.07. The summed E-state index contributed by atoms with van der Waals surface area (Å²) in [6.45, 7) is 0. The van der Waals surface area contributed by atoms with Crippen LogP contribution in [0.1, 0.15) is 11.6 Å². The number of nitrogens with two attached hydrogens (primary N) is 2. The molecule has 0 saturated carbocycles. The van der Waals surface area contributed by atoms with E-state index in [2.05, 4.69) is 0 Å². The molecular formula is C8H8ClFN2O2. The predicted octanol–water partition coefficient (Wildman–Crippen LogP) is 1.15. The van der Waals surface area contributed by atoms with Crippen LogP contribution in [0.5, 0.6) is 0 Å². The number of hydrogen-bond donors (Lipinski definition) is 3. The van der Waals surface area contributed by atoms with Gasteiger partial charge in [-0.3, -0.25) is 4.79 Å². The van der Waals surface area contributed by atoms with Gasteiger partial charge in [0.05, 0.1) is 10.7 Å². The van der Waals surface area contributed by atoms with Crippen LogP contribution in [0.15, 0.2) is 12.1 Å². The van der Waals surface area contributed by atoms with Crippen molar-refractivity contribution in [3.05, 3.63) is 28.5 Å². The lowest BCUT2D eigenvalue weighted by atomic mass is 10.1. The summed E-state index contributed by atoms with van der Waals surface area (Å²) in [5.41, 5.74) is 10.3. The van der Waals surface area contributed by atoms with Gasteiger partial charge in [-0.2, -0.15) is 0 Å². The van der Waals surface area contributed by atoms with E-state index in [-0.39, 0.29) is 16.3 Å². The van der Waals surface area contributed by atoms with Crippen molar-refractivity contribution in [3.63, 3.8) is 0 Å². The minimum atomic E-state index is -1.35. The molecule has 4 nitrogen and oxygen atoms in total. The Balaban J connectivity index is 3.24. The minimum absolute atomic E-state index is 0.00543. The quantitative estimate of drug-likeness (QED) is 0.650. The molecule has 1 atom stereocenters. The fourth-order valence-corrected chi connectivity index (χ4v) is 1.24. The van der Waals surface area contributed by atoms with Gasteiger partial charge in [0.1, 0.15) is 6.04 Å². The Morgan fingerprint density at radius 3 is 2.64 bits per heavy atom. The standard InChI is InChI=1S/C8H8ClFN2O2/c9-5-3(7(12)8(13)14)1-2-4(11)6(5)10/h1-2,7H,11-12H2,(H,13,14)/t7-/m1/s1. The van der Waals surface area contributed by atoms with Crippen molar-refractivity contribution in [2.45, 2.75) is 6.04 Å². The highest BCUT2D eigenvalue weighted by Crippen LogP contribution is 2.28. The first-order valence-electron chi connectivity index (χ1n) is 3.67. The third-order valence-electron chi connectivity index (χ3n) is 1.74. The van der Waals surface area contributed by atoms with Crippen LogP contribution in [0.2, 0.25) is 5.02 Å². The first kappa shape index (κ1) is 10.7. The minimum Gasteiger partial charge on any atom is -0.480 e. The normalized spacial score (nSPS) is 12.5. The number of hydrogen-bond acceptors (Lipinski definition) is 3. The number of carbonyl (C=O) groups is 1. The van der Waals surface area contributed by atoms with Gasteiger partial charge in [-0.05, 0) is 6.07 Å². The molecule has 1 rings (SSSR count). The number of nitrogen functional groups attached to an aromatic ring is 1. The zero-order valence-electron chi connectivity index (χ0n) is 7.00. The zero-order chi connectivity index (χ0) is 10.9. The maximum atomic E-state index is 13.1. The number of carboxylic acids is 1. The average molecular weight is 219 g/mol. The van der Waals surface area contributed by atoms with Gasteiger partial charge in [0, 0.05) is 5.56 Å². The first-order chi connectivity index (χ1) is 6.45. The maximum absolute atomic E-state index is 13.1. The van der Waals surface area contributed by atoms with Gasteiger partial charge in [-0.15, -0.1) is 0 Å². The molecular weight excluding hydrogens is 211 g/mol. The lowest BCUT2D eigenvalue weighted by Crippen LogP contribution is -2.21. The van der Waals surface area contributed by atoms with Crippen molar-refractivity contribution in [1.82, 2.24) is 0 Å². The summed E-state index contributed by atoms with van der Waals surface area (Å²) in [7, 11) is 0. The van der Waals surface area contributed by atoms with Crippen molar-refractivity contribution in [1.29, 1.82) is 0 Å². The summed E-state index contributed by atoms with van der Waals surface area (Å²) < 4.78 is 13.1. The van der Waals surface area contributed by atoms with Crippen LogP contribution in [0.3, 0.4) is 0 Å². The molecule has 0 aromatic heterocycles. The van der Waals surface area contributed by atoms with E-state index >= 15 is 0 Å². The lowest BCUT2D eigenvalue weighted by molar-refractivity contribution is -0.138. The molecule has 0 unspecified atom stereocenters. The molecule has 0 fully saturated rings. The molecule has 0 aliphatic carbocycles. The summed E-state index contributed by atoms with van der Waals surface area (Å²) in [6.07, 6.45) is 0. The van der Waals surface area contributed by atoms with Gasteiger partial charge in [0.25, 0.3) is 0 Å². The average Bonchev–Trinajstić information content (AvgIpc) is 2.13. The van der Waals surface area contributed by atoms with Crippen molar-refractivity contribution < 1.29 is 14.3 Å². The van der Waals surface area contributed by atoms with Crippen LogP contribution < -0.4 is 11.5 Å². The molecule has 0 spiro atoms. The van der Waals surface area contributed by atoms with Crippen LogP contribution in [0, 0.1) is 5.82 Å². The number of anilines is 1. The lowest BCUT2D eigenvalue weighted by Gasteiger charge is -2.10. The summed E-state index contributed by atoms with van der Waals surface area (Å²) >= 11 is 5.54. The van der Waals surface area contributed by atoms with E-state index in [1.165, 1.54) is 12.1 Å².